The molecular weight excluding hydrogens is 256 g/mol. The van der Waals surface area contributed by atoms with Gasteiger partial charge in [-0.1, -0.05) is 6.07 Å². The monoisotopic (exact) mass is 274 g/mol. The molecule has 0 heterocycles. The minimum absolute atomic E-state index is 0.293. The number of thioether (sulfide) groups is 1. The fourth-order valence-electron chi connectivity index (χ4n) is 1.42. The molecule has 0 saturated carbocycles. The summed E-state index contributed by atoms with van der Waals surface area (Å²) in [7, 11) is -1.83. The van der Waals surface area contributed by atoms with E-state index < -0.39 is 10.0 Å². The Morgan fingerprint density at radius 1 is 1.41 bits per heavy atom. The summed E-state index contributed by atoms with van der Waals surface area (Å²) in [6.07, 6.45) is 1.95. The SMILES string of the molecule is CSCCN(C)S(=O)(=O)c1cccc(N)c1C. The van der Waals surface area contributed by atoms with E-state index in [0.29, 0.717) is 22.7 Å². The van der Waals surface area contributed by atoms with Crippen molar-refractivity contribution in [2.24, 2.45) is 0 Å². The summed E-state index contributed by atoms with van der Waals surface area (Å²) < 4.78 is 25.9. The van der Waals surface area contributed by atoms with Crippen molar-refractivity contribution < 1.29 is 8.42 Å². The minimum atomic E-state index is -3.42. The highest BCUT2D eigenvalue weighted by molar-refractivity contribution is 7.98. The second-order valence-electron chi connectivity index (χ2n) is 3.79. The zero-order valence-corrected chi connectivity index (χ0v) is 11.9. The fourth-order valence-corrected chi connectivity index (χ4v) is 3.41. The summed E-state index contributed by atoms with van der Waals surface area (Å²) in [5.41, 5.74) is 6.85. The van der Waals surface area contributed by atoms with Crippen LogP contribution in [-0.4, -0.2) is 38.3 Å². The van der Waals surface area contributed by atoms with E-state index in [1.54, 1.807) is 43.9 Å². The smallest absolute Gasteiger partial charge is 0.243 e. The Balaban J connectivity index is 3.09. The summed E-state index contributed by atoms with van der Waals surface area (Å²) in [5, 5.41) is 0. The van der Waals surface area contributed by atoms with Crippen molar-refractivity contribution in [1.82, 2.24) is 4.31 Å². The van der Waals surface area contributed by atoms with Crippen molar-refractivity contribution in [2.75, 3.05) is 31.3 Å². The van der Waals surface area contributed by atoms with E-state index in [4.69, 9.17) is 5.73 Å². The maximum atomic E-state index is 12.3. The highest BCUT2D eigenvalue weighted by atomic mass is 32.2. The van der Waals surface area contributed by atoms with E-state index in [1.807, 2.05) is 6.26 Å². The number of nitrogen functional groups attached to an aromatic ring is 1. The molecule has 1 aromatic carbocycles. The lowest BCUT2D eigenvalue weighted by molar-refractivity contribution is 0.488. The summed E-state index contributed by atoms with van der Waals surface area (Å²) in [6, 6.07) is 4.96. The van der Waals surface area contributed by atoms with Gasteiger partial charge in [-0.25, -0.2) is 12.7 Å². The van der Waals surface area contributed by atoms with Gasteiger partial charge in [0.25, 0.3) is 0 Å². The third-order valence-electron chi connectivity index (χ3n) is 2.62. The van der Waals surface area contributed by atoms with Gasteiger partial charge in [-0.15, -0.1) is 0 Å². The van der Waals surface area contributed by atoms with Crippen molar-refractivity contribution in [3.05, 3.63) is 23.8 Å². The van der Waals surface area contributed by atoms with Gasteiger partial charge in [0, 0.05) is 25.0 Å². The van der Waals surface area contributed by atoms with E-state index >= 15 is 0 Å². The molecule has 0 bridgehead atoms. The first-order valence-corrected chi connectivity index (χ1v) is 8.05. The normalized spacial score (nSPS) is 12.0. The molecule has 1 aromatic rings. The van der Waals surface area contributed by atoms with Crippen molar-refractivity contribution in [3.8, 4) is 0 Å². The molecule has 0 unspecified atom stereocenters. The van der Waals surface area contributed by atoms with Crippen LogP contribution in [0.1, 0.15) is 5.56 Å². The third-order valence-corrected chi connectivity index (χ3v) is 5.22. The largest absolute Gasteiger partial charge is 0.398 e. The first-order valence-electron chi connectivity index (χ1n) is 5.21. The molecule has 0 saturated heterocycles. The van der Waals surface area contributed by atoms with Crippen molar-refractivity contribution in [2.45, 2.75) is 11.8 Å². The molecule has 0 aliphatic heterocycles. The second-order valence-corrected chi connectivity index (χ2v) is 6.79. The van der Waals surface area contributed by atoms with Crippen LogP contribution in [0.3, 0.4) is 0 Å². The quantitative estimate of drug-likeness (QED) is 0.828. The topological polar surface area (TPSA) is 63.4 Å². The van der Waals surface area contributed by atoms with Crippen molar-refractivity contribution in [3.63, 3.8) is 0 Å². The van der Waals surface area contributed by atoms with E-state index in [9.17, 15) is 8.42 Å². The van der Waals surface area contributed by atoms with Gasteiger partial charge >= 0.3 is 0 Å². The number of anilines is 1. The third kappa shape index (κ3) is 3.14. The molecule has 0 aliphatic rings. The van der Waals surface area contributed by atoms with Crippen LogP contribution in [0.25, 0.3) is 0 Å². The zero-order valence-electron chi connectivity index (χ0n) is 10.3. The van der Waals surface area contributed by atoms with Crippen LogP contribution >= 0.6 is 11.8 Å². The van der Waals surface area contributed by atoms with E-state index in [2.05, 4.69) is 0 Å². The average Bonchev–Trinajstić information content (AvgIpc) is 2.29. The number of rotatable bonds is 5. The number of sulfonamides is 1. The number of nitrogens with zero attached hydrogens (tertiary/aromatic N) is 1. The lowest BCUT2D eigenvalue weighted by Crippen LogP contribution is -2.29. The molecule has 0 aromatic heterocycles. The fraction of sp³-hybridized carbons (Fsp3) is 0.455. The lowest BCUT2D eigenvalue weighted by atomic mass is 10.2. The van der Waals surface area contributed by atoms with Gasteiger partial charge in [-0.2, -0.15) is 11.8 Å². The first kappa shape index (κ1) is 14.3. The van der Waals surface area contributed by atoms with Gasteiger partial charge in [-0.05, 0) is 30.9 Å². The number of benzene rings is 1. The van der Waals surface area contributed by atoms with E-state index in [1.165, 1.54) is 4.31 Å². The van der Waals surface area contributed by atoms with Gasteiger partial charge in [-0.3, -0.25) is 0 Å². The van der Waals surface area contributed by atoms with E-state index in [-0.39, 0.29) is 0 Å². The van der Waals surface area contributed by atoms with Gasteiger partial charge in [0.2, 0.25) is 10.0 Å². The molecule has 4 nitrogen and oxygen atoms in total. The van der Waals surface area contributed by atoms with Gasteiger partial charge < -0.3 is 5.73 Å². The standard InChI is InChI=1S/C11H18N2O2S2/c1-9-10(12)5-4-6-11(9)17(14,15)13(2)7-8-16-3/h4-6H,7-8,12H2,1-3H3. The lowest BCUT2D eigenvalue weighted by Gasteiger charge is -2.18. The number of nitrogens with two attached hydrogens (primary N) is 1. The van der Waals surface area contributed by atoms with Crippen LogP contribution in [0.4, 0.5) is 5.69 Å². The van der Waals surface area contributed by atoms with Crippen LogP contribution in [0.5, 0.6) is 0 Å². The molecule has 6 heteroatoms. The predicted molar refractivity (Wildman–Crippen MR) is 73.8 cm³/mol. The molecule has 0 atom stereocenters. The Hall–Kier alpha value is -0.720. The molecule has 0 spiro atoms. The van der Waals surface area contributed by atoms with Gasteiger partial charge in [0.05, 0.1) is 4.90 Å². The Labute approximate surface area is 107 Å². The molecular formula is C11H18N2O2S2. The maximum Gasteiger partial charge on any atom is 0.243 e. The van der Waals surface area contributed by atoms with Crippen LogP contribution in [0, 0.1) is 6.92 Å². The van der Waals surface area contributed by atoms with Crippen molar-refractivity contribution >= 4 is 27.5 Å². The van der Waals surface area contributed by atoms with Gasteiger partial charge in [0.15, 0.2) is 0 Å². The van der Waals surface area contributed by atoms with Crippen LogP contribution in [0.15, 0.2) is 23.1 Å². The summed E-state index contributed by atoms with van der Waals surface area (Å²) in [6.45, 7) is 2.22. The molecule has 0 radical (unpaired) electrons. The molecule has 0 aliphatic carbocycles. The molecule has 0 amide bonds. The van der Waals surface area contributed by atoms with E-state index in [0.717, 1.165) is 5.75 Å². The second kappa shape index (κ2) is 5.75. The van der Waals surface area contributed by atoms with Crippen molar-refractivity contribution in [1.29, 1.82) is 0 Å². The molecule has 1 rings (SSSR count). The first-order chi connectivity index (χ1) is 7.91. The van der Waals surface area contributed by atoms with Crippen LogP contribution in [0.2, 0.25) is 0 Å². The van der Waals surface area contributed by atoms with Gasteiger partial charge in [0.1, 0.15) is 0 Å². The predicted octanol–water partition coefficient (Wildman–Crippen LogP) is 1.56. The molecule has 0 fully saturated rings. The zero-order chi connectivity index (χ0) is 13.1. The Bertz CT molecular complexity index is 486. The minimum Gasteiger partial charge on any atom is -0.398 e. The molecule has 17 heavy (non-hydrogen) atoms. The Morgan fingerprint density at radius 3 is 2.65 bits per heavy atom. The molecule has 2 N–H and O–H groups in total. The summed E-state index contributed by atoms with van der Waals surface area (Å²) in [5.74, 6) is 0.775. The van der Waals surface area contributed by atoms with Crippen LogP contribution in [-0.2, 0) is 10.0 Å². The highest BCUT2D eigenvalue weighted by Crippen LogP contribution is 2.23. The average molecular weight is 274 g/mol. The summed E-state index contributed by atoms with van der Waals surface area (Å²) >= 11 is 1.62. The highest BCUT2D eigenvalue weighted by Gasteiger charge is 2.22. The van der Waals surface area contributed by atoms with Crippen LogP contribution < -0.4 is 5.73 Å². The number of hydrogen-bond donors (Lipinski definition) is 1. The Morgan fingerprint density at radius 2 is 2.06 bits per heavy atom. The molecule has 96 valence electrons. The number of hydrogen-bond acceptors (Lipinski definition) is 4. The Kier molecular flexibility index (Phi) is 4.85. The maximum absolute atomic E-state index is 12.3. The summed E-state index contributed by atoms with van der Waals surface area (Å²) in [4.78, 5) is 0.293.